The van der Waals surface area contributed by atoms with E-state index in [0.29, 0.717) is 35.8 Å². The van der Waals surface area contributed by atoms with E-state index in [1.54, 1.807) is 7.11 Å². The van der Waals surface area contributed by atoms with E-state index >= 15 is 0 Å². The molecule has 0 saturated carbocycles. The van der Waals surface area contributed by atoms with Crippen LogP contribution in [0.3, 0.4) is 0 Å². The molecule has 1 aliphatic rings. The average molecular weight is 367 g/mol. The van der Waals surface area contributed by atoms with Crippen LogP contribution in [0.1, 0.15) is 30.0 Å². The average Bonchev–Trinajstić information content (AvgIpc) is 3.02. The van der Waals surface area contributed by atoms with Gasteiger partial charge in [0.15, 0.2) is 5.82 Å². The molecule has 1 fully saturated rings. The van der Waals surface area contributed by atoms with E-state index in [2.05, 4.69) is 36.8 Å². The van der Waals surface area contributed by atoms with Crippen molar-refractivity contribution < 1.29 is 9.26 Å². The van der Waals surface area contributed by atoms with E-state index in [9.17, 15) is 0 Å². The van der Waals surface area contributed by atoms with Crippen LogP contribution in [0, 0.1) is 6.92 Å². The number of hydrogen-bond acceptors (Lipinski definition) is 8. The second-order valence-electron chi connectivity index (χ2n) is 6.02. The van der Waals surface area contributed by atoms with Gasteiger partial charge >= 0.3 is 0 Å². The first-order chi connectivity index (χ1) is 12.1. The molecule has 3 rings (SSSR count). The summed E-state index contributed by atoms with van der Waals surface area (Å²) in [5.74, 6) is 2.86. The molecule has 0 unspecified atom stereocenters. The van der Waals surface area contributed by atoms with Crippen LogP contribution < -0.4 is 4.90 Å². The third kappa shape index (κ3) is 4.26. The number of halogens is 1. The summed E-state index contributed by atoms with van der Waals surface area (Å²) in [7, 11) is 1.61. The number of anilines is 1. The van der Waals surface area contributed by atoms with E-state index in [0.717, 1.165) is 44.0 Å². The van der Waals surface area contributed by atoms with Gasteiger partial charge in [0.2, 0.25) is 5.89 Å². The first kappa shape index (κ1) is 18.0. The van der Waals surface area contributed by atoms with Crippen LogP contribution in [0.25, 0.3) is 0 Å². The first-order valence-electron chi connectivity index (χ1n) is 8.41. The van der Waals surface area contributed by atoms with Crippen LogP contribution in [0.15, 0.2) is 4.52 Å². The van der Waals surface area contributed by atoms with Crippen molar-refractivity contribution in [2.75, 3.05) is 38.2 Å². The monoisotopic (exact) mass is 366 g/mol. The van der Waals surface area contributed by atoms with Crippen LogP contribution in [0.2, 0.25) is 5.15 Å². The number of methoxy groups -OCH3 is 1. The molecule has 1 aliphatic heterocycles. The van der Waals surface area contributed by atoms with E-state index in [1.807, 2.05) is 6.92 Å². The summed E-state index contributed by atoms with van der Waals surface area (Å²) in [6, 6.07) is 0. The molecule has 2 aromatic heterocycles. The number of ether oxygens (including phenoxy) is 1. The highest BCUT2D eigenvalue weighted by atomic mass is 35.5. The molecule has 0 spiro atoms. The molecular formula is C16H23ClN6O2. The Morgan fingerprint density at radius 2 is 1.92 bits per heavy atom. The number of hydrogen-bond donors (Lipinski definition) is 0. The standard InChI is InChI=1S/C16H23ClN6O2/c1-4-12-15(17)18-11(2)19-16(12)23-7-5-22(6-8-23)9-14-20-13(10-24-3)21-25-14/h4-10H2,1-3H3. The summed E-state index contributed by atoms with van der Waals surface area (Å²) in [6.07, 6.45) is 0.818. The predicted molar refractivity (Wildman–Crippen MR) is 93.7 cm³/mol. The molecule has 9 heteroatoms. The van der Waals surface area contributed by atoms with E-state index < -0.39 is 0 Å². The van der Waals surface area contributed by atoms with Crippen molar-refractivity contribution >= 4 is 17.4 Å². The Morgan fingerprint density at radius 1 is 1.16 bits per heavy atom. The quantitative estimate of drug-likeness (QED) is 0.716. The smallest absolute Gasteiger partial charge is 0.240 e. The summed E-state index contributed by atoms with van der Waals surface area (Å²) in [6.45, 7) is 8.50. The molecule has 0 radical (unpaired) electrons. The van der Waals surface area contributed by atoms with Gasteiger partial charge in [-0.15, -0.1) is 0 Å². The molecule has 136 valence electrons. The molecule has 1 saturated heterocycles. The van der Waals surface area contributed by atoms with Crippen molar-refractivity contribution in [2.24, 2.45) is 0 Å². The Bertz CT molecular complexity index is 715. The summed E-state index contributed by atoms with van der Waals surface area (Å²) in [5.41, 5.74) is 1.02. The lowest BCUT2D eigenvalue weighted by atomic mass is 10.2. The lowest BCUT2D eigenvalue weighted by molar-refractivity contribution is 0.174. The topological polar surface area (TPSA) is 80.4 Å². The van der Waals surface area contributed by atoms with Gasteiger partial charge in [-0.05, 0) is 13.3 Å². The molecular weight excluding hydrogens is 344 g/mol. The first-order valence-corrected chi connectivity index (χ1v) is 8.79. The molecule has 0 bridgehead atoms. The highest BCUT2D eigenvalue weighted by Crippen LogP contribution is 2.26. The lowest BCUT2D eigenvalue weighted by Crippen LogP contribution is -2.46. The predicted octanol–water partition coefficient (Wildman–Crippen LogP) is 1.85. The minimum atomic E-state index is 0.366. The van der Waals surface area contributed by atoms with Crippen molar-refractivity contribution in [1.29, 1.82) is 0 Å². The van der Waals surface area contributed by atoms with Crippen molar-refractivity contribution in [1.82, 2.24) is 25.0 Å². The van der Waals surface area contributed by atoms with Gasteiger partial charge in [-0.25, -0.2) is 9.97 Å². The summed E-state index contributed by atoms with van der Waals surface area (Å²) < 4.78 is 10.3. The summed E-state index contributed by atoms with van der Waals surface area (Å²) in [4.78, 5) is 17.8. The Hall–Kier alpha value is -1.77. The number of nitrogens with zero attached hydrogens (tertiary/aromatic N) is 6. The third-order valence-electron chi connectivity index (χ3n) is 4.21. The van der Waals surface area contributed by atoms with Crippen molar-refractivity contribution in [2.45, 2.75) is 33.4 Å². The maximum Gasteiger partial charge on any atom is 0.240 e. The Morgan fingerprint density at radius 3 is 2.60 bits per heavy atom. The molecule has 2 aromatic rings. The minimum absolute atomic E-state index is 0.366. The van der Waals surface area contributed by atoms with Crippen molar-refractivity contribution in [3.63, 3.8) is 0 Å². The van der Waals surface area contributed by atoms with E-state index in [1.165, 1.54) is 0 Å². The molecule has 8 nitrogen and oxygen atoms in total. The van der Waals surface area contributed by atoms with Gasteiger partial charge in [0.1, 0.15) is 23.4 Å². The molecule has 0 N–H and O–H groups in total. The van der Waals surface area contributed by atoms with Crippen LogP contribution in [-0.4, -0.2) is 58.3 Å². The van der Waals surface area contributed by atoms with E-state index in [4.69, 9.17) is 20.9 Å². The SMILES string of the molecule is CCc1c(Cl)nc(C)nc1N1CCN(Cc2nc(COC)no2)CC1. The largest absolute Gasteiger partial charge is 0.377 e. The molecule has 0 amide bonds. The van der Waals surface area contributed by atoms with Gasteiger partial charge in [-0.1, -0.05) is 23.7 Å². The molecule has 0 atom stereocenters. The zero-order valence-corrected chi connectivity index (χ0v) is 15.6. The molecule has 25 heavy (non-hydrogen) atoms. The van der Waals surface area contributed by atoms with Crippen LogP contribution >= 0.6 is 11.6 Å². The fraction of sp³-hybridized carbons (Fsp3) is 0.625. The Balaban J connectivity index is 1.62. The number of aromatic nitrogens is 4. The van der Waals surface area contributed by atoms with Crippen molar-refractivity contribution in [3.8, 4) is 0 Å². The van der Waals surface area contributed by atoms with E-state index in [-0.39, 0.29) is 0 Å². The second-order valence-corrected chi connectivity index (χ2v) is 6.38. The zero-order chi connectivity index (χ0) is 17.8. The molecule has 0 aromatic carbocycles. The second kappa shape index (κ2) is 8.07. The maximum atomic E-state index is 6.29. The fourth-order valence-electron chi connectivity index (χ4n) is 2.96. The Kier molecular flexibility index (Phi) is 5.82. The normalized spacial score (nSPS) is 15.8. The van der Waals surface area contributed by atoms with Gasteiger partial charge < -0.3 is 14.2 Å². The van der Waals surface area contributed by atoms with Gasteiger partial charge in [-0.3, -0.25) is 4.90 Å². The number of piperazine rings is 1. The van der Waals surface area contributed by atoms with Crippen LogP contribution in [0.5, 0.6) is 0 Å². The highest BCUT2D eigenvalue weighted by Gasteiger charge is 2.23. The van der Waals surface area contributed by atoms with Gasteiger partial charge in [-0.2, -0.15) is 4.98 Å². The minimum Gasteiger partial charge on any atom is -0.377 e. The van der Waals surface area contributed by atoms with Crippen molar-refractivity contribution in [3.05, 3.63) is 28.3 Å². The van der Waals surface area contributed by atoms with Gasteiger partial charge in [0, 0.05) is 38.9 Å². The van der Waals surface area contributed by atoms with Crippen LogP contribution in [-0.2, 0) is 24.3 Å². The lowest BCUT2D eigenvalue weighted by Gasteiger charge is -2.35. The number of rotatable bonds is 6. The Labute approximate surface area is 152 Å². The zero-order valence-electron chi connectivity index (χ0n) is 14.8. The van der Waals surface area contributed by atoms with Gasteiger partial charge in [0.25, 0.3) is 0 Å². The highest BCUT2D eigenvalue weighted by molar-refractivity contribution is 6.30. The molecule has 3 heterocycles. The fourth-order valence-corrected chi connectivity index (χ4v) is 3.30. The number of aryl methyl sites for hydroxylation is 1. The summed E-state index contributed by atoms with van der Waals surface area (Å²) >= 11 is 6.29. The molecule has 0 aliphatic carbocycles. The third-order valence-corrected chi connectivity index (χ3v) is 4.53. The summed E-state index contributed by atoms with van der Waals surface area (Å²) in [5, 5.41) is 4.46. The maximum absolute atomic E-state index is 6.29. The van der Waals surface area contributed by atoms with Crippen LogP contribution in [0.4, 0.5) is 5.82 Å². The van der Waals surface area contributed by atoms with Gasteiger partial charge in [0.05, 0.1) is 6.54 Å².